The van der Waals surface area contributed by atoms with Crippen molar-refractivity contribution >= 4 is 17.0 Å². The van der Waals surface area contributed by atoms with Crippen LogP contribution < -0.4 is 5.32 Å². The van der Waals surface area contributed by atoms with Crippen molar-refractivity contribution in [3.63, 3.8) is 0 Å². The molecule has 1 N–H and O–H groups in total. The zero-order chi connectivity index (χ0) is 22.1. The Labute approximate surface area is 181 Å². The monoisotopic (exact) mass is 417 g/mol. The average molecular weight is 418 g/mol. The molecular formula is C24H27N5O2. The van der Waals surface area contributed by atoms with Gasteiger partial charge >= 0.3 is 0 Å². The van der Waals surface area contributed by atoms with E-state index in [1.165, 1.54) is 0 Å². The zero-order valence-electron chi connectivity index (χ0n) is 18.6. The molecule has 7 nitrogen and oxygen atoms in total. The Morgan fingerprint density at radius 2 is 1.90 bits per heavy atom. The molecule has 7 heteroatoms. The highest BCUT2D eigenvalue weighted by atomic mass is 16.5. The minimum atomic E-state index is -0.162. The summed E-state index contributed by atoms with van der Waals surface area (Å²) >= 11 is 0. The Morgan fingerprint density at radius 3 is 2.61 bits per heavy atom. The van der Waals surface area contributed by atoms with Crippen LogP contribution in [0.25, 0.3) is 11.1 Å². The van der Waals surface area contributed by atoms with Crippen LogP contribution in [0.5, 0.6) is 0 Å². The summed E-state index contributed by atoms with van der Waals surface area (Å²) in [6.45, 7) is 11.1. The summed E-state index contributed by atoms with van der Waals surface area (Å²) in [6.07, 6.45) is 0. The van der Waals surface area contributed by atoms with Crippen LogP contribution in [0.1, 0.15) is 64.0 Å². The standard InChI is InChI=1S/C24H27N5O2/c1-14(2)21-11-20(22-17(5)28-31-24(22)26-21)23(30)25-12-18-7-6-8-19(10-18)13-29-16(4)9-15(3)27-29/h6-11,14H,12-13H2,1-5H3,(H,25,30). The first-order valence-corrected chi connectivity index (χ1v) is 10.5. The number of nitrogens with one attached hydrogen (secondary N) is 1. The third-order valence-corrected chi connectivity index (χ3v) is 5.35. The first-order chi connectivity index (χ1) is 14.8. The molecule has 1 aromatic carbocycles. The summed E-state index contributed by atoms with van der Waals surface area (Å²) in [4.78, 5) is 17.6. The number of aryl methyl sites for hydroxylation is 3. The van der Waals surface area contributed by atoms with Gasteiger partial charge in [-0.3, -0.25) is 9.48 Å². The predicted octanol–water partition coefficient (Wildman–Crippen LogP) is 4.45. The van der Waals surface area contributed by atoms with Gasteiger partial charge in [-0.1, -0.05) is 43.3 Å². The van der Waals surface area contributed by atoms with Crippen LogP contribution in [0, 0.1) is 20.8 Å². The maximum absolute atomic E-state index is 13.1. The quantitative estimate of drug-likeness (QED) is 0.501. The Morgan fingerprint density at radius 1 is 1.13 bits per heavy atom. The summed E-state index contributed by atoms with van der Waals surface area (Å²) in [5.74, 6) is 0.0111. The Hall–Kier alpha value is -3.48. The fraction of sp³-hybridized carbons (Fsp3) is 0.333. The van der Waals surface area contributed by atoms with Gasteiger partial charge in [0.15, 0.2) is 0 Å². The second kappa shape index (κ2) is 8.34. The van der Waals surface area contributed by atoms with Gasteiger partial charge in [0.1, 0.15) is 0 Å². The van der Waals surface area contributed by atoms with Crippen molar-refractivity contribution in [1.29, 1.82) is 0 Å². The molecule has 4 aromatic rings. The van der Waals surface area contributed by atoms with Crippen molar-refractivity contribution in [1.82, 2.24) is 25.2 Å². The number of rotatable bonds is 6. The second-order valence-electron chi connectivity index (χ2n) is 8.28. The average Bonchev–Trinajstić information content (AvgIpc) is 3.27. The highest BCUT2D eigenvalue weighted by Gasteiger charge is 2.19. The van der Waals surface area contributed by atoms with Crippen LogP contribution in [0.4, 0.5) is 0 Å². The van der Waals surface area contributed by atoms with Crippen LogP contribution in [-0.4, -0.2) is 25.8 Å². The molecule has 0 fully saturated rings. The van der Waals surface area contributed by atoms with E-state index in [4.69, 9.17) is 4.52 Å². The molecule has 0 aliphatic carbocycles. The van der Waals surface area contributed by atoms with Gasteiger partial charge in [-0.25, -0.2) is 4.98 Å². The summed E-state index contributed by atoms with van der Waals surface area (Å²) in [7, 11) is 0. The van der Waals surface area contributed by atoms with Crippen LogP contribution in [-0.2, 0) is 13.1 Å². The molecule has 0 bridgehead atoms. The molecular weight excluding hydrogens is 390 g/mol. The van der Waals surface area contributed by atoms with Crippen molar-refractivity contribution in [3.05, 3.63) is 75.9 Å². The Balaban J connectivity index is 1.53. The number of hydrogen-bond donors (Lipinski definition) is 1. The molecule has 0 saturated carbocycles. The van der Waals surface area contributed by atoms with Crippen molar-refractivity contribution < 1.29 is 9.32 Å². The molecule has 0 aliphatic heterocycles. The van der Waals surface area contributed by atoms with Gasteiger partial charge in [0.25, 0.3) is 11.6 Å². The van der Waals surface area contributed by atoms with E-state index in [-0.39, 0.29) is 11.8 Å². The third-order valence-electron chi connectivity index (χ3n) is 5.35. The lowest BCUT2D eigenvalue weighted by molar-refractivity contribution is 0.0952. The second-order valence-corrected chi connectivity index (χ2v) is 8.28. The van der Waals surface area contributed by atoms with Gasteiger partial charge in [-0.2, -0.15) is 5.10 Å². The van der Waals surface area contributed by atoms with Crippen LogP contribution in [0.3, 0.4) is 0 Å². The number of fused-ring (bicyclic) bond motifs is 1. The molecule has 31 heavy (non-hydrogen) atoms. The summed E-state index contributed by atoms with van der Waals surface area (Å²) < 4.78 is 7.32. The number of benzene rings is 1. The maximum Gasteiger partial charge on any atom is 0.259 e. The first-order valence-electron chi connectivity index (χ1n) is 10.5. The molecule has 0 radical (unpaired) electrons. The van der Waals surface area contributed by atoms with Crippen molar-refractivity contribution in [2.45, 2.75) is 53.6 Å². The van der Waals surface area contributed by atoms with Crippen LogP contribution in [0.2, 0.25) is 0 Å². The van der Waals surface area contributed by atoms with E-state index >= 15 is 0 Å². The third kappa shape index (κ3) is 4.35. The van der Waals surface area contributed by atoms with Crippen molar-refractivity contribution in [3.8, 4) is 0 Å². The summed E-state index contributed by atoms with van der Waals surface area (Å²) in [5, 5.41) is 12.2. The molecule has 0 atom stereocenters. The predicted molar refractivity (Wildman–Crippen MR) is 119 cm³/mol. The van der Waals surface area contributed by atoms with Gasteiger partial charge in [-0.05, 0) is 49.9 Å². The number of hydrogen-bond acceptors (Lipinski definition) is 5. The number of pyridine rings is 1. The molecule has 0 saturated heterocycles. The first kappa shape index (κ1) is 20.8. The molecule has 4 rings (SSSR count). The SMILES string of the molecule is Cc1cc(C)n(Cc2cccc(CNC(=O)c3cc(C(C)C)nc4onc(C)c34)c2)n1. The normalized spacial score (nSPS) is 11.4. The van der Waals surface area contributed by atoms with Crippen LogP contribution >= 0.6 is 0 Å². The van der Waals surface area contributed by atoms with E-state index in [0.717, 1.165) is 28.2 Å². The van der Waals surface area contributed by atoms with E-state index in [1.54, 1.807) is 0 Å². The Kier molecular flexibility index (Phi) is 5.59. The lowest BCUT2D eigenvalue weighted by Gasteiger charge is -2.11. The lowest BCUT2D eigenvalue weighted by Crippen LogP contribution is -2.23. The molecule has 160 valence electrons. The molecule has 3 heterocycles. The van der Waals surface area contributed by atoms with E-state index < -0.39 is 0 Å². The van der Waals surface area contributed by atoms with Crippen molar-refractivity contribution in [2.24, 2.45) is 0 Å². The van der Waals surface area contributed by atoms with Gasteiger partial charge in [0.05, 0.1) is 28.9 Å². The summed E-state index contributed by atoms with van der Waals surface area (Å²) in [6, 6.07) is 12.1. The summed E-state index contributed by atoms with van der Waals surface area (Å²) in [5.41, 5.74) is 6.73. The number of aromatic nitrogens is 4. The van der Waals surface area contributed by atoms with Crippen molar-refractivity contribution in [2.75, 3.05) is 0 Å². The van der Waals surface area contributed by atoms with Gasteiger partial charge in [-0.15, -0.1) is 0 Å². The molecule has 0 spiro atoms. The molecule has 1 amide bonds. The van der Waals surface area contributed by atoms with E-state index in [0.29, 0.717) is 35.4 Å². The fourth-order valence-electron chi connectivity index (χ4n) is 3.71. The minimum absolute atomic E-state index is 0.162. The van der Waals surface area contributed by atoms with Gasteiger partial charge in [0, 0.05) is 17.9 Å². The smallest absolute Gasteiger partial charge is 0.259 e. The number of carbonyl (C=O) groups excluding carboxylic acids is 1. The minimum Gasteiger partial charge on any atom is -0.348 e. The zero-order valence-corrected chi connectivity index (χ0v) is 18.6. The topological polar surface area (TPSA) is 85.8 Å². The number of carbonyl (C=O) groups is 1. The van der Waals surface area contributed by atoms with E-state index in [2.05, 4.69) is 45.7 Å². The van der Waals surface area contributed by atoms with Gasteiger partial charge < -0.3 is 9.84 Å². The molecule has 0 unspecified atom stereocenters. The number of amides is 1. The van der Waals surface area contributed by atoms with Gasteiger partial charge in [0.2, 0.25) is 0 Å². The lowest BCUT2D eigenvalue weighted by atomic mass is 10.0. The number of nitrogens with zero attached hydrogens (tertiary/aromatic N) is 4. The Bertz CT molecular complexity index is 1250. The highest BCUT2D eigenvalue weighted by molar-refractivity contribution is 6.06. The van der Waals surface area contributed by atoms with Crippen LogP contribution in [0.15, 0.2) is 40.9 Å². The van der Waals surface area contributed by atoms with E-state index in [9.17, 15) is 4.79 Å². The largest absolute Gasteiger partial charge is 0.348 e. The molecule has 0 aliphatic rings. The van der Waals surface area contributed by atoms with E-state index in [1.807, 2.05) is 50.6 Å². The highest BCUT2D eigenvalue weighted by Crippen LogP contribution is 2.25. The molecule has 3 aromatic heterocycles. The maximum atomic E-state index is 13.1. The fourth-order valence-corrected chi connectivity index (χ4v) is 3.71.